The Bertz CT molecular complexity index is 660. The molecule has 1 aromatic carbocycles. The molecule has 0 amide bonds. The van der Waals surface area contributed by atoms with Crippen LogP contribution in [-0.2, 0) is 9.53 Å². The predicted octanol–water partition coefficient (Wildman–Crippen LogP) is 2.29. The van der Waals surface area contributed by atoms with Crippen molar-refractivity contribution in [2.45, 2.75) is 26.2 Å². The number of ketones is 1. The maximum atomic E-state index is 12.5. The average molecular weight is 373 g/mol. The molecule has 1 aliphatic heterocycles. The Labute approximate surface area is 175 Å². The third-order valence-corrected chi connectivity index (χ3v) is 3.77. The van der Waals surface area contributed by atoms with E-state index in [0.717, 1.165) is 25.9 Å². The van der Waals surface area contributed by atoms with Crippen LogP contribution in [0, 0.1) is 0 Å². The van der Waals surface area contributed by atoms with Crippen LogP contribution in [0.3, 0.4) is 0 Å². The van der Waals surface area contributed by atoms with E-state index in [9.17, 15) is 9.59 Å². The van der Waals surface area contributed by atoms with Crippen LogP contribution in [0.15, 0.2) is 22.5 Å². The number of benzene rings is 1. The Morgan fingerprint density at radius 2 is 1.73 bits per heavy atom. The van der Waals surface area contributed by atoms with Gasteiger partial charge in [-0.3, -0.25) is 14.6 Å². The van der Waals surface area contributed by atoms with Crippen LogP contribution in [0.5, 0.6) is 11.5 Å². The third kappa shape index (κ3) is 5.96. The summed E-state index contributed by atoms with van der Waals surface area (Å²) in [6, 6.07) is 3.09. The van der Waals surface area contributed by atoms with Gasteiger partial charge in [0.15, 0.2) is 17.3 Å². The molecular formula is C17H24N3NaO5. The standard InChI is InChI=1S/C17H23N3O5.Na.H/c1-4-25-17(22)11-14(21)12-9-15(23-2)16(24-3)10-13(12)18-19-20-7-5-6-8-20;;/h9-10H,4-8,11H2,1-3H3;;/b19-18+;;. The number of ether oxygens (including phenoxy) is 3. The molecule has 1 saturated heterocycles. The van der Waals surface area contributed by atoms with Gasteiger partial charge in [-0.25, -0.2) is 0 Å². The zero-order chi connectivity index (χ0) is 18.2. The topological polar surface area (TPSA) is 89.8 Å². The molecule has 0 bridgehead atoms. The van der Waals surface area contributed by atoms with Gasteiger partial charge in [0.2, 0.25) is 0 Å². The van der Waals surface area contributed by atoms with E-state index in [1.165, 1.54) is 20.3 Å². The van der Waals surface area contributed by atoms with Crippen molar-refractivity contribution in [2.75, 3.05) is 33.9 Å². The van der Waals surface area contributed by atoms with E-state index in [0.29, 0.717) is 17.2 Å². The fraction of sp³-hybridized carbons (Fsp3) is 0.529. The van der Waals surface area contributed by atoms with Crippen LogP contribution < -0.4 is 9.47 Å². The first-order valence-electron chi connectivity index (χ1n) is 8.20. The molecule has 138 valence electrons. The number of esters is 1. The number of hydrogen-bond acceptors (Lipinski definition) is 7. The van der Waals surface area contributed by atoms with Crippen molar-refractivity contribution in [3.8, 4) is 11.5 Å². The van der Waals surface area contributed by atoms with Crippen LogP contribution in [0.2, 0.25) is 0 Å². The summed E-state index contributed by atoms with van der Waals surface area (Å²) in [6.45, 7) is 3.58. The summed E-state index contributed by atoms with van der Waals surface area (Å²) in [5.41, 5.74) is 0.576. The summed E-state index contributed by atoms with van der Waals surface area (Å²) in [5.74, 6) is -0.167. The number of hydrogen-bond donors (Lipinski definition) is 0. The summed E-state index contributed by atoms with van der Waals surface area (Å²) in [5, 5.41) is 10.2. The van der Waals surface area contributed by atoms with Gasteiger partial charge in [0.05, 0.1) is 20.8 Å². The van der Waals surface area contributed by atoms with E-state index in [1.807, 2.05) is 5.01 Å². The number of rotatable bonds is 8. The monoisotopic (exact) mass is 373 g/mol. The van der Waals surface area contributed by atoms with Gasteiger partial charge in [0.1, 0.15) is 12.1 Å². The summed E-state index contributed by atoms with van der Waals surface area (Å²) < 4.78 is 15.3. The summed E-state index contributed by atoms with van der Waals surface area (Å²) in [4.78, 5) is 24.1. The van der Waals surface area contributed by atoms with Crippen molar-refractivity contribution in [2.24, 2.45) is 10.3 Å². The van der Waals surface area contributed by atoms with Crippen molar-refractivity contribution >= 4 is 47.0 Å². The van der Waals surface area contributed by atoms with Gasteiger partial charge in [-0.1, -0.05) is 5.22 Å². The van der Waals surface area contributed by atoms with E-state index >= 15 is 0 Å². The molecule has 9 heteroatoms. The molecule has 0 aliphatic carbocycles. The Kier molecular flexibility index (Phi) is 9.61. The molecule has 0 radical (unpaired) electrons. The van der Waals surface area contributed by atoms with Crippen molar-refractivity contribution < 1.29 is 23.8 Å². The molecule has 2 rings (SSSR count). The average Bonchev–Trinajstić information content (AvgIpc) is 3.12. The van der Waals surface area contributed by atoms with E-state index in [1.54, 1.807) is 13.0 Å². The van der Waals surface area contributed by atoms with Crippen LogP contribution >= 0.6 is 0 Å². The molecule has 0 N–H and O–H groups in total. The number of nitrogens with zero attached hydrogens (tertiary/aromatic N) is 3. The summed E-state index contributed by atoms with van der Waals surface area (Å²) in [7, 11) is 2.97. The molecule has 0 aromatic heterocycles. The number of carbonyl (C=O) groups excluding carboxylic acids is 2. The molecule has 0 unspecified atom stereocenters. The SMILES string of the molecule is CCOC(=O)CC(=O)c1cc(OC)c(OC)cc1/N=N/N1CCCC1.[NaH]. The molecule has 1 aliphatic rings. The second kappa shape index (κ2) is 11.2. The number of methoxy groups -OCH3 is 2. The second-order valence-corrected chi connectivity index (χ2v) is 5.48. The van der Waals surface area contributed by atoms with Crippen molar-refractivity contribution in [1.82, 2.24) is 5.01 Å². The number of carbonyl (C=O) groups is 2. The van der Waals surface area contributed by atoms with Gasteiger partial charge in [-0.05, 0) is 25.8 Å². The normalized spacial score (nSPS) is 13.4. The Balaban J connectivity index is 0.00000338. The third-order valence-electron chi connectivity index (χ3n) is 3.77. The van der Waals surface area contributed by atoms with Gasteiger partial charge < -0.3 is 14.2 Å². The van der Waals surface area contributed by atoms with Gasteiger partial charge >= 0.3 is 35.5 Å². The molecule has 0 atom stereocenters. The molecule has 26 heavy (non-hydrogen) atoms. The molecule has 0 saturated carbocycles. The van der Waals surface area contributed by atoms with E-state index in [4.69, 9.17) is 14.2 Å². The Hall–Kier alpha value is -1.64. The predicted molar refractivity (Wildman–Crippen MR) is 97.6 cm³/mol. The quantitative estimate of drug-likeness (QED) is 0.228. The van der Waals surface area contributed by atoms with Gasteiger partial charge in [0.25, 0.3) is 0 Å². The molecule has 0 spiro atoms. The zero-order valence-corrected chi connectivity index (χ0v) is 14.8. The fourth-order valence-electron chi connectivity index (χ4n) is 2.51. The first-order valence-corrected chi connectivity index (χ1v) is 8.20. The van der Waals surface area contributed by atoms with Crippen LogP contribution in [0.1, 0.15) is 36.5 Å². The van der Waals surface area contributed by atoms with E-state index < -0.39 is 11.8 Å². The molecule has 1 aromatic rings. The summed E-state index contributed by atoms with van der Waals surface area (Å²) in [6.07, 6.45) is 1.77. The van der Waals surface area contributed by atoms with Crippen molar-refractivity contribution in [3.63, 3.8) is 0 Å². The minimum atomic E-state index is -0.579. The molecule has 8 nitrogen and oxygen atoms in total. The van der Waals surface area contributed by atoms with Gasteiger partial charge in [0, 0.05) is 24.7 Å². The summed E-state index contributed by atoms with van der Waals surface area (Å²) >= 11 is 0. The van der Waals surface area contributed by atoms with Crippen LogP contribution in [0.4, 0.5) is 5.69 Å². The van der Waals surface area contributed by atoms with Crippen LogP contribution in [0.25, 0.3) is 0 Å². The molecule has 1 fully saturated rings. The Morgan fingerprint density at radius 1 is 1.12 bits per heavy atom. The first-order chi connectivity index (χ1) is 12.1. The Morgan fingerprint density at radius 3 is 2.31 bits per heavy atom. The molecule has 1 heterocycles. The van der Waals surface area contributed by atoms with Crippen molar-refractivity contribution in [3.05, 3.63) is 17.7 Å². The van der Waals surface area contributed by atoms with Gasteiger partial charge in [-0.15, -0.1) is 5.11 Å². The minimum absolute atomic E-state index is 0. The van der Waals surface area contributed by atoms with E-state index in [2.05, 4.69) is 10.3 Å². The first kappa shape index (κ1) is 22.4. The molecular weight excluding hydrogens is 349 g/mol. The second-order valence-electron chi connectivity index (χ2n) is 5.48. The fourth-order valence-corrected chi connectivity index (χ4v) is 2.51. The maximum absolute atomic E-state index is 12.5. The van der Waals surface area contributed by atoms with Crippen molar-refractivity contribution in [1.29, 1.82) is 0 Å². The number of Topliss-reactive ketones (excluding diaryl/α,β-unsaturated/α-hetero) is 1. The van der Waals surface area contributed by atoms with Gasteiger partial charge in [-0.2, -0.15) is 0 Å². The van der Waals surface area contributed by atoms with Crippen LogP contribution in [-0.4, -0.2) is 80.2 Å². The van der Waals surface area contributed by atoms with E-state index in [-0.39, 0.29) is 48.1 Å². The zero-order valence-electron chi connectivity index (χ0n) is 14.8.